The molecule has 16 heavy (non-hydrogen) atoms. The third-order valence-electron chi connectivity index (χ3n) is 3.03. The van der Waals surface area contributed by atoms with Crippen molar-refractivity contribution in [3.63, 3.8) is 0 Å². The van der Waals surface area contributed by atoms with E-state index in [-0.39, 0.29) is 18.3 Å². The van der Waals surface area contributed by atoms with Crippen molar-refractivity contribution in [3.05, 3.63) is 0 Å². The monoisotopic (exact) mass is 250 g/mol. The van der Waals surface area contributed by atoms with Gasteiger partial charge < -0.3 is 15.4 Å². The van der Waals surface area contributed by atoms with Gasteiger partial charge in [-0.05, 0) is 32.4 Å². The maximum absolute atomic E-state index is 12.0. The number of rotatable bonds is 5. The van der Waals surface area contributed by atoms with E-state index >= 15 is 0 Å². The lowest BCUT2D eigenvalue weighted by atomic mass is 9.91. The lowest BCUT2D eigenvalue weighted by Crippen LogP contribution is -2.54. The lowest BCUT2D eigenvalue weighted by molar-refractivity contribution is -0.146. The predicted octanol–water partition coefficient (Wildman–Crippen LogP) is 1.09. The standard InChI is InChI=1S/C11H22N2O2.ClH/c1-3-4-7-13-10(14)11(15-2)5-8-12-9-6-11;/h12H,3-9H2,1-2H3,(H,13,14);1H. The van der Waals surface area contributed by atoms with Gasteiger partial charge in [0.2, 0.25) is 0 Å². The number of halogens is 1. The van der Waals surface area contributed by atoms with E-state index in [1.165, 1.54) is 0 Å². The maximum Gasteiger partial charge on any atom is 0.252 e. The number of carbonyl (C=O) groups is 1. The molecule has 1 amide bonds. The third kappa shape index (κ3) is 3.92. The van der Waals surface area contributed by atoms with Crippen LogP contribution >= 0.6 is 12.4 Å². The SMILES string of the molecule is CCCCNC(=O)C1(OC)CCNCC1.Cl. The summed E-state index contributed by atoms with van der Waals surface area (Å²) in [5.41, 5.74) is -0.584. The van der Waals surface area contributed by atoms with E-state index in [1.54, 1.807) is 7.11 Å². The number of amides is 1. The quantitative estimate of drug-likeness (QED) is 0.719. The summed E-state index contributed by atoms with van der Waals surface area (Å²) in [5, 5.41) is 6.19. The average molecular weight is 251 g/mol. The van der Waals surface area contributed by atoms with Crippen LogP contribution in [0.15, 0.2) is 0 Å². The van der Waals surface area contributed by atoms with Crippen molar-refractivity contribution in [2.75, 3.05) is 26.7 Å². The van der Waals surface area contributed by atoms with Gasteiger partial charge in [0.15, 0.2) is 0 Å². The predicted molar refractivity (Wildman–Crippen MR) is 67.0 cm³/mol. The van der Waals surface area contributed by atoms with Crippen LogP contribution in [-0.4, -0.2) is 38.3 Å². The van der Waals surface area contributed by atoms with Crippen LogP contribution in [0.1, 0.15) is 32.6 Å². The van der Waals surface area contributed by atoms with Crippen LogP contribution in [0.3, 0.4) is 0 Å². The fourth-order valence-corrected chi connectivity index (χ4v) is 1.89. The first kappa shape index (κ1) is 15.7. The molecule has 96 valence electrons. The smallest absolute Gasteiger partial charge is 0.252 e. The molecule has 0 atom stereocenters. The van der Waals surface area contributed by atoms with Crippen molar-refractivity contribution in [1.82, 2.24) is 10.6 Å². The summed E-state index contributed by atoms with van der Waals surface area (Å²) in [5.74, 6) is 0.0555. The molecule has 1 aliphatic heterocycles. The minimum Gasteiger partial charge on any atom is -0.368 e. The Labute approximate surface area is 104 Å². The Morgan fingerprint density at radius 2 is 2.06 bits per heavy atom. The summed E-state index contributed by atoms with van der Waals surface area (Å²) in [4.78, 5) is 12.0. The second-order valence-electron chi connectivity index (χ2n) is 4.06. The summed E-state index contributed by atoms with van der Waals surface area (Å²) in [6.45, 7) is 4.58. The molecule has 1 aliphatic rings. The minimum absolute atomic E-state index is 0. The van der Waals surface area contributed by atoms with Crippen LogP contribution < -0.4 is 10.6 Å². The molecule has 1 saturated heterocycles. The van der Waals surface area contributed by atoms with E-state index in [1.807, 2.05) is 0 Å². The Hall–Kier alpha value is -0.320. The van der Waals surface area contributed by atoms with Crippen LogP contribution in [-0.2, 0) is 9.53 Å². The number of hydrogen-bond donors (Lipinski definition) is 2. The number of hydrogen-bond acceptors (Lipinski definition) is 3. The average Bonchev–Trinajstić information content (AvgIpc) is 2.30. The summed E-state index contributed by atoms with van der Waals surface area (Å²) in [7, 11) is 1.63. The maximum atomic E-state index is 12.0. The summed E-state index contributed by atoms with van der Waals surface area (Å²) < 4.78 is 5.42. The number of carbonyl (C=O) groups excluding carboxylic acids is 1. The van der Waals surface area contributed by atoms with Gasteiger partial charge in [-0.3, -0.25) is 4.79 Å². The number of piperidine rings is 1. The van der Waals surface area contributed by atoms with Crippen LogP contribution in [0, 0.1) is 0 Å². The Kier molecular flexibility index (Phi) is 7.72. The van der Waals surface area contributed by atoms with Gasteiger partial charge in [0.05, 0.1) is 0 Å². The van der Waals surface area contributed by atoms with E-state index in [4.69, 9.17) is 4.74 Å². The number of ether oxygens (including phenoxy) is 1. The highest BCUT2D eigenvalue weighted by molar-refractivity contribution is 5.85. The molecular formula is C11H23ClN2O2. The van der Waals surface area contributed by atoms with Gasteiger partial charge >= 0.3 is 0 Å². The van der Waals surface area contributed by atoms with Gasteiger partial charge in [0.25, 0.3) is 5.91 Å². The highest BCUT2D eigenvalue weighted by atomic mass is 35.5. The molecule has 0 aromatic rings. The van der Waals surface area contributed by atoms with Crippen molar-refractivity contribution in [3.8, 4) is 0 Å². The topological polar surface area (TPSA) is 50.4 Å². The van der Waals surface area contributed by atoms with Crippen molar-refractivity contribution >= 4 is 18.3 Å². The molecule has 0 radical (unpaired) electrons. The summed E-state index contributed by atoms with van der Waals surface area (Å²) in [6, 6.07) is 0. The van der Waals surface area contributed by atoms with Crippen LogP contribution in [0.25, 0.3) is 0 Å². The molecule has 0 unspecified atom stereocenters. The molecule has 5 heteroatoms. The molecule has 0 aromatic heterocycles. The first-order valence-corrected chi connectivity index (χ1v) is 5.79. The molecule has 4 nitrogen and oxygen atoms in total. The zero-order valence-corrected chi connectivity index (χ0v) is 11.0. The molecule has 0 saturated carbocycles. The van der Waals surface area contributed by atoms with Gasteiger partial charge in [0, 0.05) is 13.7 Å². The Morgan fingerprint density at radius 1 is 1.44 bits per heavy atom. The highest BCUT2D eigenvalue weighted by Crippen LogP contribution is 2.22. The summed E-state index contributed by atoms with van der Waals surface area (Å²) >= 11 is 0. The number of nitrogens with one attached hydrogen (secondary N) is 2. The van der Waals surface area contributed by atoms with Gasteiger partial charge in [-0.2, -0.15) is 0 Å². The van der Waals surface area contributed by atoms with Crippen LogP contribution in [0.2, 0.25) is 0 Å². The molecule has 0 aliphatic carbocycles. The summed E-state index contributed by atoms with van der Waals surface area (Å²) in [6.07, 6.45) is 3.66. The van der Waals surface area contributed by atoms with Crippen molar-refractivity contribution in [2.24, 2.45) is 0 Å². The molecule has 1 rings (SSSR count). The normalized spacial score (nSPS) is 18.6. The third-order valence-corrected chi connectivity index (χ3v) is 3.03. The zero-order chi connectivity index (χ0) is 11.1. The van der Waals surface area contributed by atoms with Crippen molar-refractivity contribution in [1.29, 1.82) is 0 Å². The van der Waals surface area contributed by atoms with E-state index in [0.29, 0.717) is 0 Å². The molecule has 0 aromatic carbocycles. The molecule has 2 N–H and O–H groups in total. The van der Waals surface area contributed by atoms with Gasteiger partial charge in [-0.15, -0.1) is 12.4 Å². The van der Waals surface area contributed by atoms with Crippen LogP contribution in [0.5, 0.6) is 0 Å². The number of unbranched alkanes of at least 4 members (excludes halogenated alkanes) is 1. The first-order chi connectivity index (χ1) is 7.25. The molecule has 1 fully saturated rings. The second-order valence-corrected chi connectivity index (χ2v) is 4.06. The van der Waals surface area contributed by atoms with Gasteiger partial charge in [-0.25, -0.2) is 0 Å². The Morgan fingerprint density at radius 3 is 2.56 bits per heavy atom. The van der Waals surface area contributed by atoms with E-state index in [2.05, 4.69) is 17.6 Å². The highest BCUT2D eigenvalue weighted by Gasteiger charge is 2.39. The molecule has 0 bridgehead atoms. The van der Waals surface area contributed by atoms with Gasteiger partial charge in [-0.1, -0.05) is 13.3 Å². The number of methoxy groups -OCH3 is 1. The molecule has 1 heterocycles. The van der Waals surface area contributed by atoms with E-state index < -0.39 is 5.60 Å². The molecular weight excluding hydrogens is 228 g/mol. The minimum atomic E-state index is -0.584. The molecule has 0 spiro atoms. The largest absolute Gasteiger partial charge is 0.368 e. The Bertz CT molecular complexity index is 206. The van der Waals surface area contributed by atoms with Crippen LogP contribution in [0.4, 0.5) is 0 Å². The first-order valence-electron chi connectivity index (χ1n) is 5.79. The fraction of sp³-hybridized carbons (Fsp3) is 0.909. The second kappa shape index (κ2) is 7.87. The lowest BCUT2D eigenvalue weighted by Gasteiger charge is -2.34. The van der Waals surface area contributed by atoms with Gasteiger partial charge in [0.1, 0.15) is 5.60 Å². The Balaban J connectivity index is 0.00000225. The van der Waals surface area contributed by atoms with E-state index in [0.717, 1.165) is 45.3 Å². The van der Waals surface area contributed by atoms with Crippen molar-refractivity contribution in [2.45, 2.75) is 38.2 Å². The van der Waals surface area contributed by atoms with E-state index in [9.17, 15) is 4.79 Å². The fourth-order valence-electron chi connectivity index (χ4n) is 1.89. The van der Waals surface area contributed by atoms with Crippen molar-refractivity contribution < 1.29 is 9.53 Å². The zero-order valence-electron chi connectivity index (χ0n) is 10.2.